The number of aryl methyl sites for hydroxylation is 1. The van der Waals surface area contributed by atoms with Gasteiger partial charge in [0.15, 0.2) is 17.5 Å². The average Bonchev–Trinajstić information content (AvgIpc) is 3.22. The van der Waals surface area contributed by atoms with Gasteiger partial charge in [-0.25, -0.2) is 14.4 Å². The minimum Gasteiger partial charge on any atom is -0.353 e. The van der Waals surface area contributed by atoms with E-state index in [1.54, 1.807) is 18.5 Å². The average molecular weight is 355 g/mol. The van der Waals surface area contributed by atoms with Crippen molar-refractivity contribution in [1.29, 1.82) is 0 Å². The van der Waals surface area contributed by atoms with Crippen LogP contribution in [-0.2, 0) is 13.6 Å². The van der Waals surface area contributed by atoms with Gasteiger partial charge in [-0.2, -0.15) is 0 Å². The van der Waals surface area contributed by atoms with Crippen LogP contribution in [0, 0.1) is 12.7 Å². The zero-order valence-corrected chi connectivity index (χ0v) is 15.0. The Balaban J connectivity index is 1.54. The quantitative estimate of drug-likeness (QED) is 0.718. The summed E-state index contributed by atoms with van der Waals surface area (Å²) < 4.78 is 18.2. The van der Waals surface area contributed by atoms with Gasteiger partial charge in [-0.1, -0.05) is 0 Å². The van der Waals surface area contributed by atoms with E-state index in [-0.39, 0.29) is 11.7 Å². The zero-order chi connectivity index (χ0) is 18.1. The van der Waals surface area contributed by atoms with Crippen molar-refractivity contribution < 1.29 is 4.39 Å². The molecule has 0 unspecified atom stereocenters. The summed E-state index contributed by atoms with van der Waals surface area (Å²) >= 11 is 0. The lowest BCUT2D eigenvalue weighted by Gasteiger charge is -2.33. The molecule has 0 saturated carbocycles. The van der Waals surface area contributed by atoms with Crippen LogP contribution in [0.2, 0.25) is 0 Å². The van der Waals surface area contributed by atoms with Crippen molar-refractivity contribution >= 4 is 5.82 Å². The molecule has 0 spiro atoms. The minimum absolute atomic E-state index is 0.209. The third-order valence-electron chi connectivity index (χ3n) is 5.06. The lowest BCUT2D eigenvalue weighted by atomic mass is 9.97. The Morgan fingerprint density at radius 3 is 2.88 bits per heavy atom. The maximum absolute atomic E-state index is 14.1. The molecule has 26 heavy (non-hydrogen) atoms. The van der Waals surface area contributed by atoms with E-state index in [4.69, 9.17) is 0 Å². The van der Waals surface area contributed by atoms with Gasteiger partial charge >= 0.3 is 0 Å². The molecule has 136 valence electrons. The number of nitrogens with zero attached hydrogens (tertiary/aromatic N) is 7. The number of rotatable bonds is 4. The van der Waals surface area contributed by atoms with Crippen LogP contribution in [0.4, 0.5) is 10.2 Å². The first-order valence-electron chi connectivity index (χ1n) is 8.85. The van der Waals surface area contributed by atoms with Gasteiger partial charge in [-0.3, -0.25) is 0 Å². The number of aromatic nitrogens is 6. The topological polar surface area (TPSA) is 64.7 Å². The van der Waals surface area contributed by atoms with Crippen molar-refractivity contribution in [2.24, 2.45) is 7.05 Å². The van der Waals surface area contributed by atoms with E-state index in [0.29, 0.717) is 18.9 Å². The number of imidazole rings is 1. The molecule has 1 aliphatic rings. The molecule has 0 bridgehead atoms. The van der Waals surface area contributed by atoms with E-state index in [2.05, 4.69) is 24.7 Å². The molecule has 7 nitrogen and oxygen atoms in total. The van der Waals surface area contributed by atoms with Gasteiger partial charge in [-0.05, 0) is 31.9 Å². The molecule has 0 N–H and O–H groups in total. The molecule has 0 aromatic carbocycles. The zero-order valence-electron chi connectivity index (χ0n) is 15.0. The van der Waals surface area contributed by atoms with Crippen LogP contribution in [0.5, 0.6) is 0 Å². The molecule has 0 aliphatic carbocycles. The molecule has 3 aromatic heterocycles. The monoisotopic (exact) mass is 355 g/mol. The second-order valence-corrected chi connectivity index (χ2v) is 6.73. The third kappa shape index (κ3) is 3.07. The smallest absolute Gasteiger partial charge is 0.165 e. The van der Waals surface area contributed by atoms with Crippen molar-refractivity contribution in [2.75, 3.05) is 18.0 Å². The van der Waals surface area contributed by atoms with Crippen molar-refractivity contribution in [3.63, 3.8) is 0 Å². The van der Waals surface area contributed by atoms with Crippen LogP contribution < -0.4 is 4.90 Å². The highest BCUT2D eigenvalue weighted by molar-refractivity contribution is 5.40. The molecule has 0 amide bonds. The normalized spacial score (nSPS) is 17.7. The lowest BCUT2D eigenvalue weighted by molar-refractivity contribution is 0.469. The van der Waals surface area contributed by atoms with Gasteiger partial charge in [0, 0.05) is 44.6 Å². The van der Waals surface area contributed by atoms with Crippen molar-refractivity contribution in [3.8, 4) is 0 Å². The number of anilines is 1. The van der Waals surface area contributed by atoms with Gasteiger partial charge in [0.2, 0.25) is 0 Å². The molecule has 1 atom stereocenters. The summed E-state index contributed by atoms with van der Waals surface area (Å²) in [5.74, 6) is 3.14. The molecule has 1 aliphatic heterocycles. The van der Waals surface area contributed by atoms with E-state index >= 15 is 0 Å². The fourth-order valence-corrected chi connectivity index (χ4v) is 3.58. The second-order valence-electron chi connectivity index (χ2n) is 6.73. The number of hydrogen-bond acceptors (Lipinski definition) is 5. The van der Waals surface area contributed by atoms with Crippen LogP contribution in [-0.4, -0.2) is 42.4 Å². The number of hydrogen-bond donors (Lipinski definition) is 0. The number of pyridine rings is 1. The molecule has 0 radical (unpaired) electrons. The highest BCUT2D eigenvalue weighted by Gasteiger charge is 2.27. The molecule has 3 aromatic rings. The van der Waals surface area contributed by atoms with Gasteiger partial charge in [0.25, 0.3) is 0 Å². The summed E-state index contributed by atoms with van der Waals surface area (Å²) in [7, 11) is 2.00. The lowest BCUT2D eigenvalue weighted by Crippen LogP contribution is -2.36. The van der Waals surface area contributed by atoms with E-state index in [0.717, 1.165) is 36.9 Å². The largest absolute Gasteiger partial charge is 0.353 e. The predicted molar refractivity (Wildman–Crippen MR) is 95.5 cm³/mol. The third-order valence-corrected chi connectivity index (χ3v) is 5.06. The van der Waals surface area contributed by atoms with Crippen molar-refractivity contribution in [2.45, 2.75) is 32.2 Å². The molecule has 1 fully saturated rings. The van der Waals surface area contributed by atoms with E-state index in [1.807, 2.05) is 29.6 Å². The Morgan fingerprint density at radius 1 is 1.23 bits per heavy atom. The first kappa shape index (κ1) is 16.7. The van der Waals surface area contributed by atoms with Crippen LogP contribution >= 0.6 is 0 Å². The van der Waals surface area contributed by atoms with E-state index < -0.39 is 0 Å². The number of piperidine rings is 1. The van der Waals surface area contributed by atoms with Gasteiger partial charge in [0.05, 0.1) is 6.54 Å². The second kappa shape index (κ2) is 6.86. The van der Waals surface area contributed by atoms with Crippen molar-refractivity contribution in [3.05, 3.63) is 54.0 Å². The summed E-state index contributed by atoms with van der Waals surface area (Å²) in [5.41, 5.74) is 0. The van der Waals surface area contributed by atoms with E-state index in [1.165, 1.54) is 6.07 Å². The maximum atomic E-state index is 14.1. The fourth-order valence-electron chi connectivity index (χ4n) is 3.58. The summed E-state index contributed by atoms with van der Waals surface area (Å²) in [6, 6.07) is 3.08. The first-order chi connectivity index (χ1) is 12.6. The Kier molecular flexibility index (Phi) is 4.40. The first-order valence-corrected chi connectivity index (χ1v) is 8.85. The van der Waals surface area contributed by atoms with Gasteiger partial charge in [-0.15, -0.1) is 10.2 Å². The van der Waals surface area contributed by atoms with Crippen molar-refractivity contribution in [1.82, 2.24) is 29.3 Å². The fraction of sp³-hybridized carbons (Fsp3) is 0.444. The highest BCUT2D eigenvalue weighted by Crippen LogP contribution is 2.29. The predicted octanol–water partition coefficient (Wildman–Crippen LogP) is 2.29. The number of halogens is 1. The van der Waals surface area contributed by atoms with Gasteiger partial charge < -0.3 is 14.0 Å². The molecule has 8 heteroatoms. The minimum atomic E-state index is -0.276. The maximum Gasteiger partial charge on any atom is 0.165 e. The van der Waals surface area contributed by atoms with Crippen LogP contribution in [0.1, 0.15) is 36.2 Å². The highest BCUT2D eigenvalue weighted by atomic mass is 19.1. The van der Waals surface area contributed by atoms with Crippen LogP contribution in [0.15, 0.2) is 30.7 Å². The molecule has 4 heterocycles. The molecular weight excluding hydrogens is 333 g/mol. The molecule has 1 saturated heterocycles. The van der Waals surface area contributed by atoms with Gasteiger partial charge in [0.1, 0.15) is 11.6 Å². The van der Waals surface area contributed by atoms with Crippen LogP contribution in [0.3, 0.4) is 0 Å². The van der Waals surface area contributed by atoms with Crippen LogP contribution in [0.25, 0.3) is 0 Å². The summed E-state index contributed by atoms with van der Waals surface area (Å²) in [6.07, 6.45) is 7.35. The molecule has 4 rings (SSSR count). The summed E-state index contributed by atoms with van der Waals surface area (Å²) in [5, 5.41) is 8.82. The summed E-state index contributed by atoms with van der Waals surface area (Å²) in [4.78, 5) is 10.5. The Morgan fingerprint density at radius 2 is 2.12 bits per heavy atom. The Bertz CT molecular complexity index is 901. The van der Waals surface area contributed by atoms with E-state index in [9.17, 15) is 4.39 Å². The Labute approximate surface area is 151 Å². The molecular formula is C18H22FN7. The SMILES string of the molecule is Cc1nccn1Cc1nnc([C@@H]2CCCN(c3ncccc3F)C2)n1C. The Hall–Kier alpha value is -2.77. The standard InChI is InChI=1S/C18H22FN7/c1-13-20-8-10-25(13)12-16-22-23-17(24(16)2)14-5-4-9-26(11-14)18-15(19)6-3-7-21-18/h3,6-8,10,14H,4-5,9,11-12H2,1-2H3/t14-/m1/s1. The summed E-state index contributed by atoms with van der Waals surface area (Å²) in [6.45, 7) is 4.12.